The molecule has 1 amide bonds. The molecule has 4 nitrogen and oxygen atoms in total. The topological polar surface area (TPSA) is 42.4 Å². The lowest BCUT2D eigenvalue weighted by Crippen LogP contribution is -2.48. The second-order valence-corrected chi connectivity index (χ2v) is 7.59. The fraction of sp³-hybridized carbons (Fsp3) is 0.474. The van der Waals surface area contributed by atoms with E-state index < -0.39 is 0 Å². The molecular formula is C19H24N2O2S. The van der Waals surface area contributed by atoms with Crippen molar-refractivity contribution in [1.29, 1.82) is 0 Å². The van der Waals surface area contributed by atoms with Crippen molar-refractivity contribution in [3.8, 4) is 0 Å². The highest BCUT2D eigenvalue weighted by atomic mass is 32.2. The lowest BCUT2D eigenvalue weighted by Gasteiger charge is -2.35. The number of hydrogen-bond acceptors (Lipinski definition) is 4. The summed E-state index contributed by atoms with van der Waals surface area (Å²) in [6.45, 7) is 9.55. The normalized spacial score (nSPS) is 21.2. The van der Waals surface area contributed by atoms with Gasteiger partial charge in [0.2, 0.25) is 5.91 Å². The van der Waals surface area contributed by atoms with Gasteiger partial charge in [-0.3, -0.25) is 4.79 Å². The Morgan fingerprint density at radius 1 is 1.25 bits per heavy atom. The third-order valence-electron chi connectivity index (χ3n) is 4.34. The molecule has 128 valence electrons. The summed E-state index contributed by atoms with van der Waals surface area (Å²) < 4.78 is 5.69. The highest BCUT2D eigenvalue weighted by Gasteiger charge is 2.25. The maximum absolute atomic E-state index is 12.5. The summed E-state index contributed by atoms with van der Waals surface area (Å²) in [6, 6.07) is 8.30. The molecule has 1 fully saturated rings. The standard InChI is InChI=1S/C19H24N2O2S/c1-12-6-5-7-16-13(2)8-17(20-19(12)16)24-11-18(22)21-9-14(3)23-15(4)10-21/h5-8,14-15H,9-11H2,1-4H3/t14-,15+. The number of pyridine rings is 1. The van der Waals surface area contributed by atoms with E-state index in [0.29, 0.717) is 18.8 Å². The van der Waals surface area contributed by atoms with Crippen LogP contribution in [-0.2, 0) is 9.53 Å². The molecule has 0 bridgehead atoms. The van der Waals surface area contributed by atoms with Gasteiger partial charge in [-0.05, 0) is 44.9 Å². The fourth-order valence-corrected chi connectivity index (χ4v) is 4.08. The van der Waals surface area contributed by atoms with E-state index in [1.807, 2.05) is 18.7 Å². The Morgan fingerprint density at radius 3 is 2.67 bits per heavy atom. The van der Waals surface area contributed by atoms with Gasteiger partial charge in [0.05, 0.1) is 28.5 Å². The van der Waals surface area contributed by atoms with E-state index in [9.17, 15) is 4.79 Å². The fourth-order valence-electron chi connectivity index (χ4n) is 3.21. The van der Waals surface area contributed by atoms with Gasteiger partial charge in [0.25, 0.3) is 0 Å². The molecule has 3 rings (SSSR count). The highest BCUT2D eigenvalue weighted by molar-refractivity contribution is 7.99. The van der Waals surface area contributed by atoms with Gasteiger partial charge < -0.3 is 9.64 Å². The number of para-hydroxylation sites is 1. The number of aryl methyl sites for hydroxylation is 2. The average molecular weight is 344 g/mol. The van der Waals surface area contributed by atoms with Crippen LogP contribution in [0.15, 0.2) is 29.3 Å². The molecule has 0 spiro atoms. The molecule has 0 unspecified atom stereocenters. The first-order chi connectivity index (χ1) is 11.4. The van der Waals surface area contributed by atoms with Crippen LogP contribution in [0, 0.1) is 13.8 Å². The Hall–Kier alpha value is -1.59. The summed E-state index contributed by atoms with van der Waals surface area (Å²) in [5.74, 6) is 0.579. The quantitative estimate of drug-likeness (QED) is 0.798. The molecular weight excluding hydrogens is 320 g/mol. The Morgan fingerprint density at radius 2 is 1.96 bits per heavy atom. The first kappa shape index (κ1) is 17.2. The van der Waals surface area contributed by atoms with E-state index in [1.54, 1.807) is 0 Å². The molecule has 1 aliphatic heterocycles. The van der Waals surface area contributed by atoms with Gasteiger partial charge in [0.1, 0.15) is 0 Å². The second kappa shape index (κ2) is 7.11. The number of hydrogen-bond donors (Lipinski definition) is 0. The van der Waals surface area contributed by atoms with E-state index >= 15 is 0 Å². The number of carbonyl (C=O) groups excluding carboxylic acids is 1. The first-order valence-electron chi connectivity index (χ1n) is 8.37. The number of carbonyl (C=O) groups is 1. The molecule has 5 heteroatoms. The van der Waals surface area contributed by atoms with Gasteiger partial charge in [-0.1, -0.05) is 30.0 Å². The van der Waals surface area contributed by atoms with Gasteiger partial charge in [0, 0.05) is 18.5 Å². The Labute approximate surface area is 147 Å². The number of nitrogens with zero attached hydrogens (tertiary/aromatic N) is 2. The van der Waals surface area contributed by atoms with E-state index in [1.165, 1.54) is 28.3 Å². The van der Waals surface area contributed by atoms with Crippen LogP contribution < -0.4 is 0 Å². The summed E-state index contributed by atoms with van der Waals surface area (Å²) in [5, 5.41) is 2.10. The van der Waals surface area contributed by atoms with Gasteiger partial charge in [-0.15, -0.1) is 0 Å². The molecule has 1 aromatic carbocycles. The summed E-state index contributed by atoms with van der Waals surface area (Å²) >= 11 is 1.52. The molecule has 1 aromatic heterocycles. The van der Waals surface area contributed by atoms with E-state index in [4.69, 9.17) is 9.72 Å². The minimum absolute atomic E-state index is 0.103. The number of morpholine rings is 1. The molecule has 1 aliphatic rings. The third-order valence-corrected chi connectivity index (χ3v) is 5.24. The predicted molar refractivity (Wildman–Crippen MR) is 98.5 cm³/mol. The molecule has 2 heterocycles. The maximum atomic E-state index is 12.5. The maximum Gasteiger partial charge on any atom is 0.233 e. The molecule has 0 radical (unpaired) electrons. The predicted octanol–water partition coefficient (Wildman–Crippen LogP) is 3.58. The average Bonchev–Trinajstić information content (AvgIpc) is 2.52. The van der Waals surface area contributed by atoms with E-state index in [2.05, 4.69) is 38.1 Å². The van der Waals surface area contributed by atoms with Gasteiger partial charge in [-0.2, -0.15) is 0 Å². The Bertz CT molecular complexity index is 752. The highest BCUT2D eigenvalue weighted by Crippen LogP contribution is 2.26. The SMILES string of the molecule is Cc1cc(SCC(=O)N2C[C@@H](C)O[C@@H](C)C2)nc2c(C)cccc12. The summed E-state index contributed by atoms with van der Waals surface area (Å²) in [4.78, 5) is 19.2. The smallest absolute Gasteiger partial charge is 0.233 e. The minimum atomic E-state index is 0.103. The summed E-state index contributed by atoms with van der Waals surface area (Å²) in [7, 11) is 0. The van der Waals surface area contributed by atoms with Gasteiger partial charge in [0.15, 0.2) is 0 Å². The van der Waals surface area contributed by atoms with Crippen molar-refractivity contribution in [2.75, 3.05) is 18.8 Å². The third kappa shape index (κ3) is 3.73. The number of thioether (sulfide) groups is 1. The van der Waals surface area contributed by atoms with Crippen molar-refractivity contribution in [3.05, 3.63) is 35.4 Å². The van der Waals surface area contributed by atoms with Crippen LogP contribution in [0.5, 0.6) is 0 Å². The van der Waals surface area contributed by atoms with E-state index in [-0.39, 0.29) is 18.1 Å². The number of aromatic nitrogens is 1. The van der Waals surface area contributed by atoms with Crippen molar-refractivity contribution in [2.24, 2.45) is 0 Å². The van der Waals surface area contributed by atoms with Crippen molar-refractivity contribution in [1.82, 2.24) is 9.88 Å². The summed E-state index contributed by atoms with van der Waals surface area (Å²) in [6.07, 6.45) is 0.206. The molecule has 1 saturated heterocycles. The molecule has 0 aliphatic carbocycles. The van der Waals surface area contributed by atoms with E-state index in [0.717, 1.165) is 10.5 Å². The number of ether oxygens (including phenoxy) is 1. The second-order valence-electron chi connectivity index (χ2n) is 6.59. The first-order valence-corrected chi connectivity index (χ1v) is 9.35. The molecule has 24 heavy (non-hydrogen) atoms. The molecule has 2 aromatic rings. The van der Waals surface area contributed by atoms with Crippen LogP contribution in [0.3, 0.4) is 0 Å². The zero-order valence-corrected chi connectivity index (χ0v) is 15.5. The zero-order chi connectivity index (χ0) is 17.3. The molecule has 0 N–H and O–H groups in total. The number of rotatable bonds is 3. The van der Waals surface area contributed by atoms with Crippen LogP contribution in [-0.4, -0.2) is 46.8 Å². The van der Waals surface area contributed by atoms with Crippen molar-refractivity contribution >= 4 is 28.6 Å². The van der Waals surface area contributed by atoms with Crippen molar-refractivity contribution in [3.63, 3.8) is 0 Å². The number of fused-ring (bicyclic) bond motifs is 1. The van der Waals surface area contributed by atoms with Crippen LogP contribution in [0.2, 0.25) is 0 Å². The molecule has 0 saturated carbocycles. The van der Waals surface area contributed by atoms with Crippen molar-refractivity contribution < 1.29 is 9.53 Å². The summed E-state index contributed by atoms with van der Waals surface area (Å²) in [5.41, 5.74) is 3.40. The minimum Gasteiger partial charge on any atom is -0.372 e. The Balaban J connectivity index is 1.71. The monoisotopic (exact) mass is 344 g/mol. The van der Waals surface area contributed by atoms with Gasteiger partial charge >= 0.3 is 0 Å². The van der Waals surface area contributed by atoms with Crippen LogP contribution in [0.25, 0.3) is 10.9 Å². The van der Waals surface area contributed by atoms with Crippen LogP contribution in [0.1, 0.15) is 25.0 Å². The largest absolute Gasteiger partial charge is 0.372 e. The van der Waals surface area contributed by atoms with Crippen molar-refractivity contribution in [2.45, 2.75) is 44.9 Å². The van der Waals surface area contributed by atoms with Gasteiger partial charge in [-0.25, -0.2) is 4.98 Å². The van der Waals surface area contributed by atoms with Crippen LogP contribution >= 0.6 is 11.8 Å². The van der Waals surface area contributed by atoms with Crippen LogP contribution in [0.4, 0.5) is 0 Å². The number of benzene rings is 1. The lowest BCUT2D eigenvalue weighted by atomic mass is 10.1. The zero-order valence-electron chi connectivity index (χ0n) is 14.7. The lowest BCUT2D eigenvalue weighted by molar-refractivity contribution is -0.140. The Kier molecular flexibility index (Phi) is 5.11. The number of amides is 1. The molecule has 2 atom stereocenters.